The SMILES string of the molecule is C[C@H](c1cccs1)N(Cc1ccco1)C(=S)Nc1cccc(Cl)c1. The topological polar surface area (TPSA) is 28.4 Å². The summed E-state index contributed by atoms with van der Waals surface area (Å²) in [5.41, 5.74) is 0.871. The van der Waals surface area contributed by atoms with Crippen LogP contribution in [0.3, 0.4) is 0 Å². The van der Waals surface area contributed by atoms with Crippen LogP contribution in [0.4, 0.5) is 5.69 Å². The standard InChI is InChI=1S/C18H17ClN2OS2/c1-13(17-8-4-10-24-17)21(12-16-7-3-9-22-16)18(23)20-15-6-2-5-14(19)11-15/h2-11,13H,12H2,1H3,(H,20,23)/t13-/m1/s1. The zero-order chi connectivity index (χ0) is 16.9. The van der Waals surface area contributed by atoms with Crippen molar-refractivity contribution in [3.8, 4) is 0 Å². The summed E-state index contributed by atoms with van der Waals surface area (Å²) in [4.78, 5) is 3.36. The van der Waals surface area contributed by atoms with Gasteiger partial charge in [-0.3, -0.25) is 0 Å². The number of furan rings is 1. The minimum atomic E-state index is 0.134. The van der Waals surface area contributed by atoms with Gasteiger partial charge in [0, 0.05) is 15.6 Å². The molecule has 0 aliphatic heterocycles. The maximum atomic E-state index is 6.06. The van der Waals surface area contributed by atoms with Crippen LogP contribution in [0, 0.1) is 0 Å². The molecule has 0 amide bonds. The molecule has 0 spiro atoms. The molecule has 24 heavy (non-hydrogen) atoms. The van der Waals surface area contributed by atoms with E-state index >= 15 is 0 Å². The second kappa shape index (κ2) is 7.83. The Morgan fingerprint density at radius 3 is 2.83 bits per heavy atom. The van der Waals surface area contributed by atoms with Crippen molar-refractivity contribution >= 4 is 46.0 Å². The van der Waals surface area contributed by atoms with Gasteiger partial charge in [-0.1, -0.05) is 23.7 Å². The molecule has 1 N–H and O–H groups in total. The summed E-state index contributed by atoms with van der Waals surface area (Å²) in [6.45, 7) is 2.74. The van der Waals surface area contributed by atoms with Crippen molar-refractivity contribution in [2.24, 2.45) is 0 Å². The van der Waals surface area contributed by atoms with Gasteiger partial charge in [0.2, 0.25) is 0 Å². The van der Waals surface area contributed by atoms with Crippen molar-refractivity contribution in [3.05, 3.63) is 75.8 Å². The molecule has 0 radical (unpaired) electrons. The second-order valence-corrected chi connectivity index (χ2v) is 7.14. The monoisotopic (exact) mass is 376 g/mol. The summed E-state index contributed by atoms with van der Waals surface area (Å²) in [7, 11) is 0. The van der Waals surface area contributed by atoms with E-state index in [-0.39, 0.29) is 6.04 Å². The van der Waals surface area contributed by atoms with Gasteiger partial charge < -0.3 is 14.6 Å². The van der Waals surface area contributed by atoms with Crippen molar-refractivity contribution in [3.63, 3.8) is 0 Å². The van der Waals surface area contributed by atoms with Crippen LogP contribution in [0.1, 0.15) is 23.6 Å². The van der Waals surface area contributed by atoms with Crippen LogP contribution < -0.4 is 5.32 Å². The third-order valence-corrected chi connectivity index (χ3v) is 5.28. The smallest absolute Gasteiger partial charge is 0.174 e. The Balaban J connectivity index is 1.81. The number of thiocarbonyl (C=S) groups is 1. The van der Waals surface area contributed by atoms with Gasteiger partial charge in [0.1, 0.15) is 5.76 Å². The molecule has 0 bridgehead atoms. The van der Waals surface area contributed by atoms with E-state index < -0.39 is 0 Å². The molecule has 124 valence electrons. The normalized spacial score (nSPS) is 11.9. The first-order chi connectivity index (χ1) is 11.6. The maximum Gasteiger partial charge on any atom is 0.174 e. The van der Waals surface area contributed by atoms with Gasteiger partial charge in [0.05, 0.1) is 18.8 Å². The third kappa shape index (κ3) is 4.17. The highest BCUT2D eigenvalue weighted by atomic mass is 35.5. The third-order valence-electron chi connectivity index (χ3n) is 3.67. The highest BCUT2D eigenvalue weighted by Crippen LogP contribution is 2.27. The number of nitrogens with zero attached hydrogens (tertiary/aromatic N) is 1. The molecule has 1 aromatic carbocycles. The number of nitrogens with one attached hydrogen (secondary N) is 1. The summed E-state index contributed by atoms with van der Waals surface area (Å²) in [6, 6.07) is 15.7. The minimum absolute atomic E-state index is 0.134. The Kier molecular flexibility index (Phi) is 5.56. The lowest BCUT2D eigenvalue weighted by atomic mass is 10.2. The van der Waals surface area contributed by atoms with Crippen LogP contribution >= 0.6 is 35.2 Å². The van der Waals surface area contributed by atoms with Crippen molar-refractivity contribution in [2.75, 3.05) is 5.32 Å². The Bertz CT molecular complexity index is 787. The average molecular weight is 377 g/mol. The van der Waals surface area contributed by atoms with E-state index in [9.17, 15) is 0 Å². The predicted octanol–water partition coefficient (Wildman–Crippen LogP) is 5.95. The van der Waals surface area contributed by atoms with E-state index in [1.54, 1.807) is 17.6 Å². The van der Waals surface area contributed by atoms with Crippen molar-refractivity contribution in [1.29, 1.82) is 0 Å². The largest absolute Gasteiger partial charge is 0.467 e. The highest BCUT2D eigenvalue weighted by molar-refractivity contribution is 7.80. The number of rotatable bonds is 5. The summed E-state index contributed by atoms with van der Waals surface area (Å²) in [5, 5.41) is 6.65. The first-order valence-electron chi connectivity index (χ1n) is 7.52. The van der Waals surface area contributed by atoms with Gasteiger partial charge in [-0.2, -0.15) is 0 Å². The van der Waals surface area contributed by atoms with Crippen LogP contribution in [0.2, 0.25) is 5.02 Å². The van der Waals surface area contributed by atoms with Crippen molar-refractivity contribution in [2.45, 2.75) is 19.5 Å². The van der Waals surface area contributed by atoms with E-state index in [0.29, 0.717) is 16.7 Å². The Labute approximate surface area is 155 Å². The number of halogens is 1. The quantitative estimate of drug-likeness (QED) is 0.556. The molecular formula is C18H17ClN2OS2. The first-order valence-corrected chi connectivity index (χ1v) is 9.19. The molecule has 0 saturated heterocycles. The molecule has 0 aliphatic rings. The lowest BCUT2D eigenvalue weighted by Gasteiger charge is -2.30. The van der Waals surface area contributed by atoms with Crippen LogP contribution in [0.15, 0.2) is 64.6 Å². The van der Waals surface area contributed by atoms with Gasteiger partial charge in [-0.25, -0.2) is 0 Å². The molecule has 1 atom stereocenters. The lowest BCUT2D eigenvalue weighted by Crippen LogP contribution is -2.36. The van der Waals surface area contributed by atoms with Crippen LogP contribution in [0.25, 0.3) is 0 Å². The molecule has 0 saturated carbocycles. The van der Waals surface area contributed by atoms with Gasteiger partial charge >= 0.3 is 0 Å². The molecule has 3 nitrogen and oxygen atoms in total. The van der Waals surface area contributed by atoms with E-state index in [2.05, 4.69) is 34.7 Å². The number of anilines is 1. The molecule has 0 fully saturated rings. The number of benzene rings is 1. The molecule has 2 heterocycles. The molecule has 3 aromatic rings. The number of hydrogen-bond acceptors (Lipinski definition) is 3. The van der Waals surface area contributed by atoms with E-state index in [1.807, 2.05) is 36.4 Å². The fourth-order valence-electron chi connectivity index (χ4n) is 2.40. The van der Waals surface area contributed by atoms with E-state index in [1.165, 1.54) is 4.88 Å². The Morgan fingerprint density at radius 2 is 2.17 bits per heavy atom. The lowest BCUT2D eigenvalue weighted by molar-refractivity contribution is 0.306. The molecule has 6 heteroatoms. The summed E-state index contributed by atoms with van der Waals surface area (Å²) in [6.07, 6.45) is 1.68. The molecule has 0 unspecified atom stereocenters. The summed E-state index contributed by atoms with van der Waals surface area (Å²) < 4.78 is 5.50. The van der Waals surface area contributed by atoms with Gasteiger partial charge in [0.15, 0.2) is 5.11 Å². The zero-order valence-corrected chi connectivity index (χ0v) is 15.5. The fraction of sp³-hybridized carbons (Fsp3) is 0.167. The highest BCUT2D eigenvalue weighted by Gasteiger charge is 2.21. The number of thiophene rings is 1. The maximum absolute atomic E-state index is 6.06. The first kappa shape index (κ1) is 17.0. The molecule has 3 rings (SSSR count). The predicted molar refractivity (Wildman–Crippen MR) is 105 cm³/mol. The van der Waals surface area contributed by atoms with Crippen molar-refractivity contribution in [1.82, 2.24) is 4.90 Å². The van der Waals surface area contributed by atoms with Gasteiger partial charge in [-0.05, 0) is 60.9 Å². The summed E-state index contributed by atoms with van der Waals surface area (Å²) >= 11 is 13.4. The fourth-order valence-corrected chi connectivity index (χ4v) is 3.73. The molecule has 0 aliphatic carbocycles. The average Bonchev–Trinajstić information content (AvgIpc) is 3.25. The number of hydrogen-bond donors (Lipinski definition) is 1. The van der Waals surface area contributed by atoms with Crippen molar-refractivity contribution < 1.29 is 4.42 Å². The molecule has 2 aromatic heterocycles. The molecular weight excluding hydrogens is 360 g/mol. The van der Waals surface area contributed by atoms with Crippen LogP contribution in [-0.4, -0.2) is 10.0 Å². The van der Waals surface area contributed by atoms with Crippen LogP contribution in [-0.2, 0) is 6.54 Å². The minimum Gasteiger partial charge on any atom is -0.467 e. The summed E-state index contributed by atoms with van der Waals surface area (Å²) in [5.74, 6) is 0.869. The Hall–Kier alpha value is -1.82. The van der Waals surface area contributed by atoms with Gasteiger partial charge in [0.25, 0.3) is 0 Å². The van der Waals surface area contributed by atoms with Crippen LogP contribution in [0.5, 0.6) is 0 Å². The van der Waals surface area contributed by atoms with E-state index in [0.717, 1.165) is 11.4 Å². The van der Waals surface area contributed by atoms with E-state index in [4.69, 9.17) is 28.2 Å². The second-order valence-electron chi connectivity index (χ2n) is 5.34. The Morgan fingerprint density at radius 1 is 1.29 bits per heavy atom. The zero-order valence-electron chi connectivity index (χ0n) is 13.1. The van der Waals surface area contributed by atoms with Gasteiger partial charge in [-0.15, -0.1) is 11.3 Å².